The average Bonchev–Trinajstić information content (AvgIpc) is 3.12. The van der Waals surface area contributed by atoms with Crippen molar-refractivity contribution in [3.8, 4) is 11.5 Å². The number of anilines is 2. The summed E-state index contributed by atoms with van der Waals surface area (Å²) in [6, 6.07) is 8.33. The summed E-state index contributed by atoms with van der Waals surface area (Å²) in [6.45, 7) is 0.843. The van der Waals surface area contributed by atoms with E-state index in [-0.39, 0.29) is 17.6 Å². The summed E-state index contributed by atoms with van der Waals surface area (Å²) < 4.78 is 39.1. The molecular formula is C19H18N2O5S. The molecule has 0 aliphatic carbocycles. The van der Waals surface area contributed by atoms with E-state index in [2.05, 4.69) is 4.72 Å². The van der Waals surface area contributed by atoms with Gasteiger partial charge in [0.25, 0.3) is 10.0 Å². The van der Waals surface area contributed by atoms with Crippen molar-refractivity contribution >= 4 is 27.3 Å². The predicted octanol–water partition coefficient (Wildman–Crippen LogP) is 2.44. The van der Waals surface area contributed by atoms with Crippen LogP contribution in [0.3, 0.4) is 0 Å². The van der Waals surface area contributed by atoms with Crippen LogP contribution in [0.15, 0.2) is 35.2 Å². The molecule has 5 rings (SSSR count). The Bertz CT molecular complexity index is 1050. The number of nitrogens with zero attached hydrogens (tertiary/aromatic N) is 1. The maximum Gasteiger partial charge on any atom is 0.261 e. The lowest BCUT2D eigenvalue weighted by molar-refractivity contribution is -0.119. The van der Waals surface area contributed by atoms with E-state index in [0.717, 1.165) is 29.7 Å². The maximum atomic E-state index is 13.0. The molecule has 0 bridgehead atoms. The van der Waals surface area contributed by atoms with Crippen LogP contribution in [0.1, 0.15) is 24.0 Å². The lowest BCUT2D eigenvalue weighted by Gasteiger charge is -2.35. The minimum absolute atomic E-state index is 0.123. The molecule has 2 aromatic carbocycles. The van der Waals surface area contributed by atoms with E-state index >= 15 is 0 Å². The number of fused-ring (bicyclic) bond motifs is 1. The fourth-order valence-electron chi connectivity index (χ4n) is 3.95. The maximum absolute atomic E-state index is 13.0. The number of sulfonamides is 1. The van der Waals surface area contributed by atoms with E-state index in [0.29, 0.717) is 36.6 Å². The highest BCUT2D eigenvalue weighted by atomic mass is 32.2. The Labute approximate surface area is 156 Å². The van der Waals surface area contributed by atoms with Crippen LogP contribution in [0.25, 0.3) is 0 Å². The van der Waals surface area contributed by atoms with Crippen molar-refractivity contribution in [3.05, 3.63) is 41.5 Å². The molecule has 1 N–H and O–H groups in total. The Morgan fingerprint density at radius 2 is 1.74 bits per heavy atom. The number of rotatable bonds is 3. The minimum atomic E-state index is -3.75. The Hall–Kier alpha value is -2.74. The van der Waals surface area contributed by atoms with Crippen molar-refractivity contribution in [2.75, 3.05) is 23.0 Å². The molecule has 0 aromatic heterocycles. The van der Waals surface area contributed by atoms with Gasteiger partial charge in [0.15, 0.2) is 11.5 Å². The molecular weight excluding hydrogens is 368 g/mol. The van der Waals surface area contributed by atoms with Gasteiger partial charge in [0.2, 0.25) is 12.7 Å². The molecule has 0 spiro atoms. The van der Waals surface area contributed by atoms with Gasteiger partial charge in [-0.1, -0.05) is 0 Å². The van der Waals surface area contributed by atoms with Crippen LogP contribution in [-0.2, 0) is 27.7 Å². The summed E-state index contributed by atoms with van der Waals surface area (Å²) in [5.74, 6) is 1.24. The zero-order valence-electron chi connectivity index (χ0n) is 14.5. The summed E-state index contributed by atoms with van der Waals surface area (Å²) >= 11 is 0. The van der Waals surface area contributed by atoms with Crippen molar-refractivity contribution in [3.63, 3.8) is 0 Å². The smallest absolute Gasteiger partial charge is 0.261 e. The molecule has 27 heavy (non-hydrogen) atoms. The first-order chi connectivity index (χ1) is 13.0. The molecule has 0 fully saturated rings. The second-order valence-electron chi connectivity index (χ2n) is 6.91. The van der Waals surface area contributed by atoms with E-state index in [4.69, 9.17) is 9.47 Å². The monoisotopic (exact) mass is 386 g/mol. The molecule has 7 nitrogen and oxygen atoms in total. The van der Waals surface area contributed by atoms with Crippen LogP contribution < -0.4 is 19.1 Å². The molecule has 1 amide bonds. The molecule has 8 heteroatoms. The van der Waals surface area contributed by atoms with Gasteiger partial charge < -0.3 is 14.4 Å². The molecule has 3 aliphatic heterocycles. The van der Waals surface area contributed by atoms with E-state index in [1.54, 1.807) is 35.2 Å². The Kier molecular flexibility index (Phi) is 3.58. The SMILES string of the molecule is O=C1CCc2cc(S(=O)(=O)Nc3ccc4c(c3)OCO4)cc3c2N1CCC3. The number of ether oxygens (including phenoxy) is 2. The molecule has 2 aromatic rings. The summed E-state index contributed by atoms with van der Waals surface area (Å²) in [4.78, 5) is 14.2. The Balaban J connectivity index is 1.51. The molecule has 3 heterocycles. The van der Waals surface area contributed by atoms with Crippen molar-refractivity contribution in [1.82, 2.24) is 0 Å². The first-order valence-corrected chi connectivity index (χ1v) is 10.4. The second-order valence-corrected chi connectivity index (χ2v) is 8.59. The van der Waals surface area contributed by atoms with Gasteiger partial charge in [-0.2, -0.15) is 0 Å². The fourth-order valence-corrected chi connectivity index (χ4v) is 5.10. The highest BCUT2D eigenvalue weighted by Crippen LogP contribution is 2.38. The average molecular weight is 386 g/mol. The van der Waals surface area contributed by atoms with Crippen LogP contribution in [0.4, 0.5) is 11.4 Å². The molecule has 0 atom stereocenters. The van der Waals surface area contributed by atoms with Gasteiger partial charge in [-0.25, -0.2) is 8.42 Å². The summed E-state index contributed by atoms with van der Waals surface area (Å²) in [6.07, 6.45) is 2.62. The third-order valence-corrected chi connectivity index (χ3v) is 6.54. The molecule has 3 aliphatic rings. The second kappa shape index (κ2) is 5.88. The third-order valence-electron chi connectivity index (χ3n) is 5.18. The van der Waals surface area contributed by atoms with E-state index in [1.165, 1.54) is 0 Å². The van der Waals surface area contributed by atoms with Crippen LogP contribution >= 0.6 is 0 Å². The van der Waals surface area contributed by atoms with Crippen molar-refractivity contribution < 1.29 is 22.7 Å². The number of amides is 1. The number of hydrogen-bond acceptors (Lipinski definition) is 5. The number of carbonyl (C=O) groups is 1. The molecule has 0 saturated heterocycles. The zero-order valence-corrected chi connectivity index (χ0v) is 15.3. The van der Waals surface area contributed by atoms with Crippen molar-refractivity contribution in [2.24, 2.45) is 0 Å². The van der Waals surface area contributed by atoms with Gasteiger partial charge in [0.05, 0.1) is 16.3 Å². The fraction of sp³-hybridized carbons (Fsp3) is 0.316. The number of carbonyl (C=O) groups excluding carboxylic acids is 1. The van der Waals surface area contributed by atoms with E-state index < -0.39 is 10.0 Å². The number of nitrogens with one attached hydrogen (secondary N) is 1. The molecule has 0 radical (unpaired) electrons. The topological polar surface area (TPSA) is 84.9 Å². The van der Waals surface area contributed by atoms with Gasteiger partial charge >= 0.3 is 0 Å². The zero-order chi connectivity index (χ0) is 18.6. The first-order valence-electron chi connectivity index (χ1n) is 8.90. The molecule has 140 valence electrons. The summed E-state index contributed by atoms with van der Waals surface area (Å²) in [5.41, 5.74) is 3.19. The van der Waals surface area contributed by atoms with Crippen LogP contribution in [0.5, 0.6) is 11.5 Å². The van der Waals surface area contributed by atoms with Crippen molar-refractivity contribution in [2.45, 2.75) is 30.6 Å². The van der Waals surface area contributed by atoms with E-state index in [1.807, 2.05) is 0 Å². The predicted molar refractivity (Wildman–Crippen MR) is 98.8 cm³/mol. The normalized spacial score (nSPS) is 17.6. The molecule has 0 saturated carbocycles. The summed E-state index contributed by atoms with van der Waals surface area (Å²) in [5, 5.41) is 0. The van der Waals surface area contributed by atoms with Crippen LogP contribution in [0, 0.1) is 0 Å². The number of hydrogen-bond donors (Lipinski definition) is 1. The standard InChI is InChI=1S/C19H18N2O5S/c22-18-6-3-13-9-15(8-12-2-1-7-21(18)19(12)13)27(23,24)20-14-4-5-16-17(10-14)26-11-25-16/h4-5,8-10,20H,1-3,6-7,11H2. The van der Waals surface area contributed by atoms with Gasteiger partial charge in [0, 0.05) is 19.0 Å². The van der Waals surface area contributed by atoms with Gasteiger partial charge in [-0.15, -0.1) is 0 Å². The van der Waals surface area contributed by atoms with Gasteiger partial charge in [-0.3, -0.25) is 9.52 Å². The minimum Gasteiger partial charge on any atom is -0.454 e. The van der Waals surface area contributed by atoms with E-state index in [9.17, 15) is 13.2 Å². The van der Waals surface area contributed by atoms with Crippen molar-refractivity contribution in [1.29, 1.82) is 0 Å². The number of aryl methyl sites for hydroxylation is 2. The Morgan fingerprint density at radius 3 is 2.59 bits per heavy atom. The first kappa shape index (κ1) is 16.4. The van der Waals surface area contributed by atoms with Gasteiger partial charge in [0.1, 0.15) is 0 Å². The quantitative estimate of drug-likeness (QED) is 0.876. The van der Waals surface area contributed by atoms with Crippen LogP contribution in [-0.4, -0.2) is 27.7 Å². The molecule has 0 unspecified atom stereocenters. The largest absolute Gasteiger partial charge is 0.454 e. The number of benzene rings is 2. The lowest BCUT2D eigenvalue weighted by Crippen LogP contribution is -2.39. The Morgan fingerprint density at radius 1 is 0.963 bits per heavy atom. The summed E-state index contributed by atoms with van der Waals surface area (Å²) in [7, 11) is -3.75. The lowest BCUT2D eigenvalue weighted by atomic mass is 9.92. The highest BCUT2D eigenvalue weighted by Gasteiger charge is 2.31. The third kappa shape index (κ3) is 2.71. The highest BCUT2D eigenvalue weighted by molar-refractivity contribution is 7.92. The van der Waals surface area contributed by atoms with Gasteiger partial charge in [-0.05, 0) is 54.7 Å². The van der Waals surface area contributed by atoms with Crippen LogP contribution in [0.2, 0.25) is 0 Å².